The van der Waals surface area contributed by atoms with E-state index >= 15 is 0 Å². The number of rotatable bonds is 6. The van der Waals surface area contributed by atoms with E-state index in [1.165, 1.54) is 4.90 Å². The lowest BCUT2D eigenvalue weighted by atomic mass is 10.0. The van der Waals surface area contributed by atoms with Gasteiger partial charge in [-0.1, -0.05) is 48.5 Å². The van der Waals surface area contributed by atoms with E-state index < -0.39 is 0 Å². The molecule has 162 valence electrons. The lowest BCUT2D eigenvalue weighted by molar-refractivity contribution is -0.120. The molecule has 3 aromatic carbocycles. The van der Waals surface area contributed by atoms with E-state index in [4.69, 9.17) is 4.74 Å². The molecule has 2 amide bonds. The van der Waals surface area contributed by atoms with E-state index in [1.54, 1.807) is 19.2 Å². The van der Waals surface area contributed by atoms with Gasteiger partial charge in [-0.2, -0.15) is 0 Å². The summed E-state index contributed by atoms with van der Waals surface area (Å²) in [5, 5.41) is 0. The predicted molar refractivity (Wildman–Crippen MR) is 126 cm³/mol. The Kier molecular flexibility index (Phi) is 5.82. The standard InChI is InChI=1S/C27H26N2O3/c1-18-14-19(2)16-22(15-18)29-26(30)24(21-10-12-23(32-4)13-11-21)25(27(29)31)28(3)17-20-8-6-5-7-9-20/h5-16H,17H2,1-4H3. The molecule has 0 aromatic heterocycles. The van der Waals surface area contributed by atoms with E-state index in [9.17, 15) is 9.59 Å². The number of imide groups is 1. The van der Waals surface area contributed by atoms with Gasteiger partial charge < -0.3 is 9.64 Å². The molecule has 1 heterocycles. The topological polar surface area (TPSA) is 49.9 Å². The normalized spacial score (nSPS) is 13.7. The number of methoxy groups -OCH3 is 1. The maximum Gasteiger partial charge on any atom is 0.282 e. The summed E-state index contributed by atoms with van der Waals surface area (Å²) in [5.41, 5.74) is 5.12. The summed E-state index contributed by atoms with van der Waals surface area (Å²) < 4.78 is 5.26. The summed E-state index contributed by atoms with van der Waals surface area (Å²) >= 11 is 0. The second kappa shape index (κ2) is 8.71. The highest BCUT2D eigenvalue weighted by molar-refractivity contribution is 6.45. The van der Waals surface area contributed by atoms with Gasteiger partial charge >= 0.3 is 0 Å². The summed E-state index contributed by atoms with van der Waals surface area (Å²) in [4.78, 5) is 30.5. The Morgan fingerprint density at radius 1 is 0.844 bits per heavy atom. The lowest BCUT2D eigenvalue weighted by Crippen LogP contribution is -2.34. The fraction of sp³-hybridized carbons (Fsp3) is 0.185. The van der Waals surface area contributed by atoms with Crippen molar-refractivity contribution in [2.45, 2.75) is 20.4 Å². The molecule has 5 heteroatoms. The molecule has 1 aliphatic heterocycles. The van der Waals surface area contributed by atoms with Crippen LogP contribution in [-0.2, 0) is 16.1 Å². The van der Waals surface area contributed by atoms with Crippen LogP contribution in [0.4, 0.5) is 5.69 Å². The molecule has 0 N–H and O–H groups in total. The summed E-state index contributed by atoms with van der Waals surface area (Å²) in [7, 11) is 3.45. The molecule has 32 heavy (non-hydrogen) atoms. The highest BCUT2D eigenvalue weighted by Crippen LogP contribution is 2.36. The van der Waals surface area contributed by atoms with Crippen LogP contribution in [0, 0.1) is 13.8 Å². The van der Waals surface area contributed by atoms with Gasteiger partial charge in [0, 0.05) is 13.6 Å². The summed E-state index contributed by atoms with van der Waals surface area (Å²) in [5.74, 6) is 0.0563. The Morgan fingerprint density at radius 2 is 1.47 bits per heavy atom. The fourth-order valence-electron chi connectivity index (χ4n) is 4.14. The minimum Gasteiger partial charge on any atom is -0.497 e. The van der Waals surface area contributed by atoms with Crippen molar-refractivity contribution in [1.29, 1.82) is 0 Å². The Bertz CT molecular complexity index is 1180. The van der Waals surface area contributed by atoms with Crippen LogP contribution in [0.3, 0.4) is 0 Å². The van der Waals surface area contributed by atoms with Crippen LogP contribution in [0.1, 0.15) is 22.3 Å². The first kappa shape index (κ1) is 21.4. The third-order valence-corrected chi connectivity index (χ3v) is 5.55. The lowest BCUT2D eigenvalue weighted by Gasteiger charge is -2.22. The molecule has 5 nitrogen and oxygen atoms in total. The van der Waals surface area contributed by atoms with E-state index in [0.717, 1.165) is 16.7 Å². The van der Waals surface area contributed by atoms with Gasteiger partial charge in [-0.3, -0.25) is 9.59 Å². The number of carbonyl (C=O) groups is 2. The molecule has 0 bridgehead atoms. The van der Waals surface area contributed by atoms with Crippen LogP contribution in [-0.4, -0.2) is 30.9 Å². The highest BCUT2D eigenvalue weighted by atomic mass is 16.5. The summed E-state index contributed by atoms with van der Waals surface area (Å²) in [6.07, 6.45) is 0. The predicted octanol–water partition coefficient (Wildman–Crippen LogP) is 4.73. The second-order valence-corrected chi connectivity index (χ2v) is 8.09. The zero-order valence-corrected chi connectivity index (χ0v) is 18.8. The number of aryl methyl sites for hydroxylation is 2. The number of carbonyl (C=O) groups excluding carboxylic acids is 2. The SMILES string of the molecule is COc1ccc(C2=C(N(C)Cc3ccccc3)C(=O)N(c3cc(C)cc(C)c3)C2=O)cc1. The Morgan fingerprint density at radius 3 is 2.06 bits per heavy atom. The third kappa shape index (κ3) is 4.02. The first-order valence-corrected chi connectivity index (χ1v) is 10.5. The molecule has 1 aliphatic rings. The highest BCUT2D eigenvalue weighted by Gasteiger charge is 2.41. The van der Waals surface area contributed by atoms with Crippen molar-refractivity contribution in [2.75, 3.05) is 19.1 Å². The average molecular weight is 427 g/mol. The quantitative estimate of drug-likeness (QED) is 0.535. The van der Waals surface area contributed by atoms with Gasteiger partial charge in [0.15, 0.2) is 0 Å². The Balaban J connectivity index is 1.81. The van der Waals surface area contributed by atoms with Crippen molar-refractivity contribution in [3.63, 3.8) is 0 Å². The van der Waals surface area contributed by atoms with Gasteiger partial charge in [0.25, 0.3) is 11.8 Å². The third-order valence-electron chi connectivity index (χ3n) is 5.55. The van der Waals surface area contributed by atoms with Gasteiger partial charge in [0.1, 0.15) is 11.4 Å². The average Bonchev–Trinajstić information content (AvgIpc) is 3.04. The van der Waals surface area contributed by atoms with Crippen molar-refractivity contribution in [1.82, 2.24) is 4.90 Å². The van der Waals surface area contributed by atoms with E-state index in [2.05, 4.69) is 0 Å². The fourth-order valence-corrected chi connectivity index (χ4v) is 4.14. The number of hydrogen-bond acceptors (Lipinski definition) is 4. The van der Waals surface area contributed by atoms with Crippen molar-refractivity contribution in [3.8, 4) is 5.75 Å². The zero-order valence-electron chi connectivity index (χ0n) is 18.8. The monoisotopic (exact) mass is 426 g/mol. The molecule has 4 rings (SSSR count). The molecular weight excluding hydrogens is 400 g/mol. The molecule has 0 saturated heterocycles. The van der Waals surface area contributed by atoms with Crippen LogP contribution < -0.4 is 9.64 Å². The number of hydrogen-bond donors (Lipinski definition) is 0. The molecule has 0 radical (unpaired) electrons. The Hall–Kier alpha value is -3.86. The van der Waals surface area contributed by atoms with Crippen molar-refractivity contribution >= 4 is 23.1 Å². The number of anilines is 1. The molecule has 0 unspecified atom stereocenters. The van der Waals surface area contributed by atoms with Gasteiger partial charge in [-0.15, -0.1) is 0 Å². The second-order valence-electron chi connectivity index (χ2n) is 8.09. The number of benzene rings is 3. The van der Waals surface area contributed by atoms with Gasteiger partial charge in [0.2, 0.25) is 0 Å². The largest absolute Gasteiger partial charge is 0.497 e. The van der Waals surface area contributed by atoms with Crippen molar-refractivity contribution in [3.05, 3.63) is 101 Å². The first-order chi connectivity index (χ1) is 15.4. The van der Waals surface area contributed by atoms with Crippen molar-refractivity contribution in [2.24, 2.45) is 0 Å². The van der Waals surface area contributed by atoms with Gasteiger partial charge in [0.05, 0.1) is 18.4 Å². The zero-order chi connectivity index (χ0) is 22.8. The maximum atomic E-state index is 13.7. The van der Waals surface area contributed by atoms with Crippen LogP contribution in [0.25, 0.3) is 5.57 Å². The van der Waals surface area contributed by atoms with E-state index in [1.807, 2.05) is 86.5 Å². The number of amides is 2. The van der Waals surface area contributed by atoms with Crippen LogP contribution in [0.2, 0.25) is 0 Å². The number of likely N-dealkylation sites (N-methyl/N-ethyl adjacent to an activating group) is 1. The molecule has 3 aromatic rings. The molecular formula is C27H26N2O3. The van der Waals surface area contributed by atoms with Crippen LogP contribution >= 0.6 is 0 Å². The number of ether oxygens (including phenoxy) is 1. The van der Waals surface area contributed by atoms with Gasteiger partial charge in [-0.25, -0.2) is 4.90 Å². The Labute approximate surface area is 188 Å². The molecule has 0 atom stereocenters. The smallest absolute Gasteiger partial charge is 0.282 e. The summed E-state index contributed by atoms with van der Waals surface area (Å²) in [6, 6.07) is 22.9. The molecule has 0 spiro atoms. The maximum absolute atomic E-state index is 13.7. The van der Waals surface area contributed by atoms with Gasteiger partial charge in [-0.05, 0) is 60.4 Å². The molecule has 0 saturated carbocycles. The first-order valence-electron chi connectivity index (χ1n) is 10.5. The minimum atomic E-state index is -0.319. The van der Waals surface area contributed by atoms with Crippen LogP contribution in [0.15, 0.2) is 78.5 Å². The van der Waals surface area contributed by atoms with Crippen molar-refractivity contribution < 1.29 is 14.3 Å². The molecule has 0 fully saturated rings. The summed E-state index contributed by atoms with van der Waals surface area (Å²) in [6.45, 7) is 4.43. The van der Waals surface area contributed by atoms with Crippen LogP contribution in [0.5, 0.6) is 5.75 Å². The minimum absolute atomic E-state index is 0.316. The number of nitrogens with zero attached hydrogens (tertiary/aromatic N) is 2. The molecule has 0 aliphatic carbocycles. The van der Waals surface area contributed by atoms with E-state index in [0.29, 0.717) is 34.8 Å². The van der Waals surface area contributed by atoms with E-state index in [-0.39, 0.29) is 11.8 Å².